The van der Waals surface area contributed by atoms with Crippen LogP contribution in [0.3, 0.4) is 0 Å². The van der Waals surface area contributed by atoms with E-state index in [1.54, 1.807) is 4.90 Å². The second-order valence-electron chi connectivity index (χ2n) is 4.62. The Hall–Kier alpha value is -2.36. The third-order valence-electron chi connectivity index (χ3n) is 3.56. The second kappa shape index (κ2) is 3.10. The first-order valence-corrected chi connectivity index (χ1v) is 5.90. The molecule has 2 heterocycles. The summed E-state index contributed by atoms with van der Waals surface area (Å²) in [4.78, 5) is 27.0. The fourth-order valence-corrected chi connectivity index (χ4v) is 2.56. The lowest BCUT2D eigenvalue weighted by Crippen LogP contribution is -2.34. The van der Waals surface area contributed by atoms with Crippen LogP contribution in [0.15, 0.2) is 42.5 Å². The van der Waals surface area contributed by atoms with E-state index in [1.807, 2.05) is 42.5 Å². The van der Waals surface area contributed by atoms with Crippen molar-refractivity contribution in [2.24, 2.45) is 0 Å². The monoisotopic (exact) mass is 238 g/mol. The summed E-state index contributed by atoms with van der Waals surface area (Å²) in [5, 5.41) is 1.97. The van der Waals surface area contributed by atoms with Crippen molar-refractivity contribution < 1.29 is 9.59 Å². The van der Waals surface area contributed by atoms with Crippen LogP contribution in [0.2, 0.25) is 0 Å². The first kappa shape index (κ1) is 9.65. The van der Waals surface area contributed by atoms with Gasteiger partial charge in [-0.25, -0.2) is 9.69 Å². The van der Waals surface area contributed by atoms with Crippen LogP contribution in [-0.2, 0) is 4.79 Å². The summed E-state index contributed by atoms with van der Waals surface area (Å²) in [5.41, 5.74) is 0.690. The number of hydrogen-bond donors (Lipinski definition) is 0. The lowest BCUT2D eigenvalue weighted by molar-refractivity contribution is -0.116. The van der Waals surface area contributed by atoms with E-state index in [0.29, 0.717) is 12.2 Å². The van der Waals surface area contributed by atoms with Gasteiger partial charge in [-0.1, -0.05) is 36.4 Å². The molecular weight excluding hydrogens is 228 g/mol. The van der Waals surface area contributed by atoms with Crippen LogP contribution in [0.1, 0.15) is 0 Å². The normalized spacial score (nSPS) is 21.7. The minimum Gasteiger partial charge on any atom is -0.307 e. The Bertz CT molecular complexity index is 670. The molecule has 2 aromatic carbocycles. The molecule has 1 atom stereocenters. The Morgan fingerprint density at radius 1 is 1.00 bits per heavy atom. The highest BCUT2D eigenvalue weighted by Gasteiger charge is 2.56. The molecule has 2 saturated heterocycles. The van der Waals surface area contributed by atoms with E-state index in [4.69, 9.17) is 0 Å². The molecule has 4 rings (SSSR count). The van der Waals surface area contributed by atoms with Gasteiger partial charge in [-0.3, -0.25) is 4.79 Å². The lowest BCUT2D eigenvalue weighted by atomic mass is 10.1. The molecule has 2 aliphatic rings. The summed E-state index contributed by atoms with van der Waals surface area (Å²) >= 11 is 0. The van der Waals surface area contributed by atoms with Gasteiger partial charge in [0.25, 0.3) is 5.91 Å². The molecule has 0 aromatic heterocycles. The molecule has 0 bridgehead atoms. The maximum absolute atomic E-state index is 12.1. The van der Waals surface area contributed by atoms with Crippen molar-refractivity contribution >= 4 is 28.4 Å². The largest absolute Gasteiger partial charge is 0.332 e. The molecule has 0 N–H and O–H groups in total. The molecule has 2 aliphatic heterocycles. The first-order chi connectivity index (χ1) is 8.77. The first-order valence-electron chi connectivity index (χ1n) is 5.90. The number of benzene rings is 2. The van der Waals surface area contributed by atoms with Gasteiger partial charge >= 0.3 is 6.03 Å². The number of amides is 3. The van der Waals surface area contributed by atoms with Crippen LogP contribution in [0.4, 0.5) is 10.5 Å². The average Bonchev–Trinajstić information content (AvgIpc) is 3.15. The molecule has 2 fully saturated rings. The van der Waals surface area contributed by atoms with E-state index >= 15 is 0 Å². The standard InChI is InChI=1S/C14H10N2O2/c17-13-12-8-15(12)14(18)16(13)11-7-3-5-9-4-1-2-6-10(9)11/h1-7,12H,8H2. The molecule has 4 heteroatoms. The maximum atomic E-state index is 12.1. The zero-order chi connectivity index (χ0) is 12.3. The summed E-state index contributed by atoms with van der Waals surface area (Å²) in [6, 6.07) is 13.0. The Morgan fingerprint density at radius 2 is 1.78 bits per heavy atom. The molecule has 1 unspecified atom stereocenters. The summed E-state index contributed by atoms with van der Waals surface area (Å²) in [6.07, 6.45) is 0. The lowest BCUT2D eigenvalue weighted by Gasteiger charge is -2.17. The van der Waals surface area contributed by atoms with Gasteiger partial charge in [0.15, 0.2) is 0 Å². The highest BCUT2D eigenvalue weighted by Crippen LogP contribution is 2.36. The number of nitrogens with zero attached hydrogens (tertiary/aromatic N) is 2. The smallest absolute Gasteiger partial charge is 0.307 e. The molecule has 0 saturated carbocycles. The molecule has 4 nitrogen and oxygen atoms in total. The SMILES string of the molecule is O=C1C2CN2C(=O)N1c1cccc2ccccc12. The summed E-state index contributed by atoms with van der Waals surface area (Å²) in [5.74, 6) is -0.101. The van der Waals surface area contributed by atoms with Crippen LogP contribution in [0.5, 0.6) is 0 Å². The van der Waals surface area contributed by atoms with Crippen LogP contribution in [-0.4, -0.2) is 29.4 Å². The Labute approximate surface area is 103 Å². The number of carbonyl (C=O) groups is 2. The molecule has 18 heavy (non-hydrogen) atoms. The van der Waals surface area contributed by atoms with E-state index in [0.717, 1.165) is 10.8 Å². The molecule has 3 amide bonds. The average molecular weight is 238 g/mol. The van der Waals surface area contributed by atoms with Crippen molar-refractivity contribution in [3.05, 3.63) is 42.5 Å². The topological polar surface area (TPSA) is 40.4 Å². The van der Waals surface area contributed by atoms with Gasteiger partial charge in [-0.15, -0.1) is 0 Å². The van der Waals surface area contributed by atoms with E-state index in [-0.39, 0.29) is 18.0 Å². The van der Waals surface area contributed by atoms with Crippen molar-refractivity contribution in [2.45, 2.75) is 6.04 Å². The summed E-state index contributed by atoms with van der Waals surface area (Å²) in [6.45, 7) is 0.582. The zero-order valence-corrected chi connectivity index (χ0v) is 9.54. The summed E-state index contributed by atoms with van der Waals surface area (Å²) < 4.78 is 0. The van der Waals surface area contributed by atoms with Gasteiger partial charge in [-0.05, 0) is 11.5 Å². The van der Waals surface area contributed by atoms with Gasteiger partial charge in [-0.2, -0.15) is 0 Å². The van der Waals surface area contributed by atoms with Crippen molar-refractivity contribution in [1.29, 1.82) is 0 Å². The highest BCUT2D eigenvalue weighted by molar-refractivity contribution is 6.26. The molecule has 0 radical (unpaired) electrons. The molecule has 88 valence electrons. The van der Waals surface area contributed by atoms with E-state index in [2.05, 4.69) is 0 Å². The van der Waals surface area contributed by atoms with Gasteiger partial charge in [0.05, 0.1) is 12.2 Å². The number of imide groups is 1. The summed E-state index contributed by atoms with van der Waals surface area (Å²) in [7, 11) is 0. The minimum atomic E-state index is -0.212. The van der Waals surface area contributed by atoms with Crippen molar-refractivity contribution in [3.63, 3.8) is 0 Å². The predicted molar refractivity (Wildman–Crippen MR) is 67.3 cm³/mol. The maximum Gasteiger partial charge on any atom is 0.332 e. The van der Waals surface area contributed by atoms with E-state index in [1.165, 1.54) is 4.90 Å². The van der Waals surface area contributed by atoms with Crippen molar-refractivity contribution in [1.82, 2.24) is 4.90 Å². The molecular formula is C14H10N2O2. The van der Waals surface area contributed by atoms with E-state index in [9.17, 15) is 9.59 Å². The number of hydrogen-bond acceptors (Lipinski definition) is 2. The molecule has 0 spiro atoms. The van der Waals surface area contributed by atoms with Crippen LogP contribution in [0.25, 0.3) is 10.8 Å². The fourth-order valence-electron chi connectivity index (χ4n) is 2.56. The molecule has 0 aliphatic carbocycles. The minimum absolute atomic E-state index is 0.101. The van der Waals surface area contributed by atoms with Gasteiger partial charge in [0.1, 0.15) is 6.04 Å². The van der Waals surface area contributed by atoms with Gasteiger partial charge in [0.2, 0.25) is 0 Å². The van der Waals surface area contributed by atoms with Crippen LogP contribution in [0, 0.1) is 0 Å². The van der Waals surface area contributed by atoms with Crippen molar-refractivity contribution in [3.8, 4) is 0 Å². The number of rotatable bonds is 1. The Balaban J connectivity index is 1.93. The van der Waals surface area contributed by atoms with Crippen molar-refractivity contribution in [2.75, 3.05) is 11.4 Å². The predicted octanol–water partition coefficient (Wildman–Crippen LogP) is 1.99. The van der Waals surface area contributed by atoms with Crippen LogP contribution < -0.4 is 4.90 Å². The van der Waals surface area contributed by atoms with Crippen LogP contribution >= 0.6 is 0 Å². The number of anilines is 1. The number of fused-ring (bicyclic) bond motifs is 2. The Morgan fingerprint density at radius 3 is 2.56 bits per heavy atom. The second-order valence-corrected chi connectivity index (χ2v) is 4.62. The number of carbonyl (C=O) groups excluding carboxylic acids is 2. The zero-order valence-electron chi connectivity index (χ0n) is 9.54. The van der Waals surface area contributed by atoms with Gasteiger partial charge in [0, 0.05) is 5.39 Å². The Kier molecular flexibility index (Phi) is 1.66. The quantitative estimate of drug-likeness (QED) is 0.563. The third-order valence-corrected chi connectivity index (χ3v) is 3.56. The fraction of sp³-hybridized carbons (Fsp3) is 0.143. The number of urea groups is 1. The van der Waals surface area contributed by atoms with E-state index < -0.39 is 0 Å². The third kappa shape index (κ3) is 1.09. The van der Waals surface area contributed by atoms with Gasteiger partial charge < -0.3 is 4.90 Å². The molecule has 2 aromatic rings. The highest BCUT2D eigenvalue weighted by atomic mass is 16.2.